The minimum absolute atomic E-state index is 0. The molecular formula is C4H13BaO4P. The van der Waals surface area contributed by atoms with Gasteiger partial charge >= 0.3 is 56.7 Å². The summed E-state index contributed by atoms with van der Waals surface area (Å²) in [5.74, 6) is 0. The summed E-state index contributed by atoms with van der Waals surface area (Å²) in [6.45, 7) is 3.63. The fourth-order valence-electron chi connectivity index (χ4n) is 0.364. The van der Waals surface area contributed by atoms with E-state index in [0.717, 1.165) is 0 Å². The Balaban J connectivity index is 0. The van der Waals surface area contributed by atoms with Gasteiger partial charge < -0.3 is 4.89 Å². The molecule has 60 valence electrons. The molecule has 1 N–H and O–H groups in total. The second kappa shape index (κ2) is 7.34. The summed E-state index contributed by atoms with van der Waals surface area (Å²) in [5.41, 5.74) is 0. The SMILES string of the molecule is CCOP(=O)(O)OCC.[BaH2]. The molecule has 4 nitrogen and oxygen atoms in total. The average molecular weight is 293 g/mol. The summed E-state index contributed by atoms with van der Waals surface area (Å²) in [7, 11) is -3.69. The van der Waals surface area contributed by atoms with Crippen LogP contribution in [0.4, 0.5) is 0 Å². The molecule has 0 radical (unpaired) electrons. The summed E-state index contributed by atoms with van der Waals surface area (Å²) in [6.07, 6.45) is 0. The molecule has 0 amide bonds. The topological polar surface area (TPSA) is 55.8 Å². The summed E-state index contributed by atoms with van der Waals surface area (Å²) in [5, 5.41) is 0. The van der Waals surface area contributed by atoms with Gasteiger partial charge in [0.25, 0.3) is 0 Å². The molecule has 0 aliphatic heterocycles. The zero-order valence-electron chi connectivity index (χ0n) is 5.53. The molecule has 0 rings (SSSR count). The van der Waals surface area contributed by atoms with Crippen LogP contribution in [0.15, 0.2) is 0 Å². The van der Waals surface area contributed by atoms with E-state index in [0.29, 0.717) is 0 Å². The van der Waals surface area contributed by atoms with Gasteiger partial charge in [-0.2, -0.15) is 0 Å². The molecule has 0 heterocycles. The first kappa shape index (κ1) is 14.2. The van der Waals surface area contributed by atoms with Gasteiger partial charge in [-0.1, -0.05) is 0 Å². The summed E-state index contributed by atoms with van der Waals surface area (Å²) < 4.78 is 19.2. The van der Waals surface area contributed by atoms with Crippen LogP contribution in [0.1, 0.15) is 13.8 Å². The molecule has 0 atom stereocenters. The van der Waals surface area contributed by atoms with E-state index >= 15 is 0 Å². The molecule has 0 bridgehead atoms. The zero-order valence-corrected chi connectivity index (χ0v) is 6.43. The van der Waals surface area contributed by atoms with Crippen molar-refractivity contribution in [2.75, 3.05) is 13.2 Å². The molecule has 0 aromatic carbocycles. The molecule has 6 heteroatoms. The van der Waals surface area contributed by atoms with E-state index in [-0.39, 0.29) is 62.1 Å². The van der Waals surface area contributed by atoms with Crippen LogP contribution in [0.5, 0.6) is 0 Å². The Bertz CT molecular complexity index is 108. The first-order valence-corrected chi connectivity index (χ1v) is 4.23. The molecule has 0 spiro atoms. The number of phosphoric acid groups is 1. The minimum atomic E-state index is -3.69. The quantitative estimate of drug-likeness (QED) is 0.596. The van der Waals surface area contributed by atoms with E-state index < -0.39 is 7.82 Å². The van der Waals surface area contributed by atoms with Crippen molar-refractivity contribution in [3.05, 3.63) is 0 Å². The van der Waals surface area contributed by atoms with Gasteiger partial charge in [-0.25, -0.2) is 4.57 Å². The fraction of sp³-hybridized carbons (Fsp3) is 1.00. The van der Waals surface area contributed by atoms with Crippen molar-refractivity contribution in [3.8, 4) is 0 Å². The van der Waals surface area contributed by atoms with E-state index in [4.69, 9.17) is 4.89 Å². The molecule has 10 heavy (non-hydrogen) atoms. The molecule has 0 saturated heterocycles. The van der Waals surface area contributed by atoms with E-state index in [1.54, 1.807) is 13.8 Å². The Morgan fingerprint density at radius 3 is 1.80 bits per heavy atom. The predicted molar refractivity (Wildman–Crippen MR) is 41.6 cm³/mol. The first-order valence-electron chi connectivity index (χ1n) is 2.74. The Hall–Kier alpha value is 1.68. The zero-order chi connectivity index (χ0) is 7.33. The van der Waals surface area contributed by atoms with Crippen LogP contribution in [-0.2, 0) is 13.6 Å². The summed E-state index contributed by atoms with van der Waals surface area (Å²) in [6, 6.07) is 0. The first-order chi connectivity index (χ1) is 4.12. The average Bonchev–Trinajstić information content (AvgIpc) is 1.64. The summed E-state index contributed by atoms with van der Waals surface area (Å²) in [4.78, 5) is 8.63. The van der Waals surface area contributed by atoms with Gasteiger partial charge in [0.1, 0.15) is 0 Å². The third-order valence-electron chi connectivity index (χ3n) is 0.584. The second-order valence-electron chi connectivity index (χ2n) is 1.30. The molecule has 0 aliphatic rings. The van der Waals surface area contributed by atoms with Crippen LogP contribution in [0, 0.1) is 0 Å². The number of hydrogen-bond donors (Lipinski definition) is 1. The van der Waals surface area contributed by atoms with Crippen molar-refractivity contribution >= 4 is 56.7 Å². The van der Waals surface area contributed by atoms with Crippen LogP contribution in [0.25, 0.3) is 0 Å². The molecule has 0 unspecified atom stereocenters. The molecule has 0 fully saturated rings. The van der Waals surface area contributed by atoms with Crippen LogP contribution >= 0.6 is 7.82 Å². The van der Waals surface area contributed by atoms with Gasteiger partial charge in [0.2, 0.25) is 0 Å². The van der Waals surface area contributed by atoms with Crippen LogP contribution < -0.4 is 0 Å². The Morgan fingerprint density at radius 2 is 1.60 bits per heavy atom. The van der Waals surface area contributed by atoms with Crippen LogP contribution in [0.2, 0.25) is 0 Å². The molecule has 0 aliphatic carbocycles. The monoisotopic (exact) mass is 294 g/mol. The van der Waals surface area contributed by atoms with Gasteiger partial charge in [0.05, 0.1) is 13.2 Å². The number of rotatable bonds is 4. The number of hydrogen-bond acceptors (Lipinski definition) is 3. The standard InChI is InChI=1S/C4H11O4P.Ba.2H/c1-3-7-9(5,6)8-4-2;;;/h3-4H2,1-2H3,(H,5,6);;;. The van der Waals surface area contributed by atoms with Crippen molar-refractivity contribution in [3.63, 3.8) is 0 Å². The van der Waals surface area contributed by atoms with Gasteiger partial charge in [-0.3, -0.25) is 9.05 Å². The fourth-order valence-corrected chi connectivity index (χ4v) is 1.09. The number of phosphoric ester groups is 1. The molecule has 0 aromatic heterocycles. The van der Waals surface area contributed by atoms with Crippen LogP contribution in [-0.4, -0.2) is 67.0 Å². The van der Waals surface area contributed by atoms with E-state index in [1.807, 2.05) is 0 Å². The van der Waals surface area contributed by atoms with Crippen LogP contribution in [0.3, 0.4) is 0 Å². The third-order valence-corrected chi connectivity index (χ3v) is 1.75. The van der Waals surface area contributed by atoms with Gasteiger partial charge in [-0.05, 0) is 13.8 Å². The molecular weight excluding hydrogens is 280 g/mol. The maximum absolute atomic E-state index is 10.5. The van der Waals surface area contributed by atoms with E-state index in [2.05, 4.69) is 9.05 Å². The Morgan fingerprint density at radius 1 is 1.30 bits per heavy atom. The van der Waals surface area contributed by atoms with Crippen molar-refractivity contribution < 1.29 is 18.5 Å². The normalized spacial score (nSPS) is 10.7. The maximum atomic E-state index is 10.5. The van der Waals surface area contributed by atoms with E-state index in [9.17, 15) is 4.57 Å². The Labute approximate surface area is 101 Å². The van der Waals surface area contributed by atoms with Gasteiger partial charge in [0.15, 0.2) is 0 Å². The molecule has 0 aromatic rings. The van der Waals surface area contributed by atoms with Gasteiger partial charge in [0, 0.05) is 0 Å². The van der Waals surface area contributed by atoms with Crippen molar-refractivity contribution in [1.29, 1.82) is 0 Å². The molecule has 0 saturated carbocycles. The van der Waals surface area contributed by atoms with Crippen molar-refractivity contribution in [1.82, 2.24) is 0 Å². The van der Waals surface area contributed by atoms with Gasteiger partial charge in [-0.15, -0.1) is 0 Å². The van der Waals surface area contributed by atoms with Crippen molar-refractivity contribution in [2.24, 2.45) is 0 Å². The second-order valence-corrected chi connectivity index (χ2v) is 2.76. The van der Waals surface area contributed by atoms with Crippen molar-refractivity contribution in [2.45, 2.75) is 13.8 Å². The summed E-state index contributed by atoms with van der Waals surface area (Å²) >= 11 is 0. The third kappa shape index (κ3) is 7.78. The Kier molecular flexibility index (Phi) is 10.4. The predicted octanol–water partition coefficient (Wildman–Crippen LogP) is 0.244. The van der Waals surface area contributed by atoms with E-state index in [1.165, 1.54) is 0 Å².